The summed E-state index contributed by atoms with van der Waals surface area (Å²) >= 11 is 0. The summed E-state index contributed by atoms with van der Waals surface area (Å²) in [5.41, 5.74) is 2.65. The Morgan fingerprint density at radius 3 is 2.70 bits per heavy atom. The third-order valence-electron chi connectivity index (χ3n) is 5.48. The molecule has 3 heterocycles. The Morgan fingerprint density at radius 1 is 1.15 bits per heavy atom. The van der Waals surface area contributed by atoms with Gasteiger partial charge < -0.3 is 15.0 Å². The summed E-state index contributed by atoms with van der Waals surface area (Å²) in [7, 11) is 0. The fourth-order valence-electron chi connectivity index (χ4n) is 3.77. The fourth-order valence-corrected chi connectivity index (χ4v) is 3.77. The molecule has 9 heteroatoms. The SMILES string of the molecule is CCOC(=O)c1ccc(NC(=O)[C@H]2CCCN(C(=O)c3cc(-c4ccccn4)n[nH]3)C2)cc1. The lowest BCUT2D eigenvalue weighted by molar-refractivity contribution is -0.121. The zero-order valence-corrected chi connectivity index (χ0v) is 18.3. The minimum Gasteiger partial charge on any atom is -0.462 e. The van der Waals surface area contributed by atoms with Gasteiger partial charge in [0, 0.05) is 25.0 Å². The minimum absolute atomic E-state index is 0.157. The van der Waals surface area contributed by atoms with Gasteiger partial charge in [-0.05, 0) is 62.2 Å². The monoisotopic (exact) mass is 447 g/mol. The Balaban J connectivity index is 1.37. The second-order valence-electron chi connectivity index (χ2n) is 7.76. The number of rotatable bonds is 6. The lowest BCUT2D eigenvalue weighted by Gasteiger charge is -2.31. The molecule has 0 unspecified atom stereocenters. The van der Waals surface area contributed by atoms with Crippen LogP contribution in [0.4, 0.5) is 5.69 Å². The number of pyridine rings is 1. The molecule has 1 atom stereocenters. The summed E-state index contributed by atoms with van der Waals surface area (Å²) in [5, 5.41) is 9.86. The van der Waals surface area contributed by atoms with Crippen LogP contribution in [0.2, 0.25) is 0 Å². The first-order valence-corrected chi connectivity index (χ1v) is 10.9. The van der Waals surface area contributed by atoms with Crippen LogP contribution in [-0.4, -0.2) is 57.6 Å². The number of likely N-dealkylation sites (tertiary alicyclic amines) is 1. The smallest absolute Gasteiger partial charge is 0.338 e. The Morgan fingerprint density at radius 2 is 1.97 bits per heavy atom. The number of carbonyl (C=O) groups is 3. The molecular weight excluding hydrogens is 422 g/mol. The van der Waals surface area contributed by atoms with Gasteiger partial charge in [0.05, 0.1) is 23.8 Å². The average Bonchev–Trinajstić information content (AvgIpc) is 3.35. The predicted octanol–water partition coefficient (Wildman–Crippen LogP) is 3.14. The molecule has 1 fully saturated rings. The molecule has 9 nitrogen and oxygen atoms in total. The molecule has 33 heavy (non-hydrogen) atoms. The number of H-pyrrole nitrogens is 1. The number of nitrogens with one attached hydrogen (secondary N) is 2. The average molecular weight is 447 g/mol. The van der Waals surface area contributed by atoms with Gasteiger partial charge in [0.25, 0.3) is 5.91 Å². The number of aromatic nitrogens is 3. The molecule has 1 saturated heterocycles. The normalized spacial score (nSPS) is 15.7. The summed E-state index contributed by atoms with van der Waals surface area (Å²) in [5.74, 6) is -1.08. The van der Waals surface area contributed by atoms with Crippen LogP contribution < -0.4 is 5.32 Å². The summed E-state index contributed by atoms with van der Waals surface area (Å²) in [4.78, 5) is 43.5. The maximum Gasteiger partial charge on any atom is 0.338 e. The number of esters is 1. The lowest BCUT2D eigenvalue weighted by atomic mass is 9.96. The van der Waals surface area contributed by atoms with Crippen molar-refractivity contribution in [3.05, 3.63) is 66.0 Å². The van der Waals surface area contributed by atoms with E-state index in [0.29, 0.717) is 54.4 Å². The molecule has 0 saturated carbocycles. The molecule has 170 valence electrons. The maximum atomic E-state index is 13.0. The number of nitrogens with zero attached hydrogens (tertiary/aromatic N) is 3. The van der Waals surface area contributed by atoms with Gasteiger partial charge in [-0.1, -0.05) is 6.07 Å². The van der Waals surface area contributed by atoms with Crippen molar-refractivity contribution in [1.29, 1.82) is 0 Å². The Labute approximate surface area is 191 Å². The third-order valence-corrected chi connectivity index (χ3v) is 5.48. The minimum atomic E-state index is -0.401. The first kappa shape index (κ1) is 22.2. The first-order valence-electron chi connectivity index (χ1n) is 10.9. The van der Waals surface area contributed by atoms with E-state index in [0.717, 1.165) is 6.42 Å². The largest absolute Gasteiger partial charge is 0.462 e. The Hall–Kier alpha value is -4.01. The first-order chi connectivity index (χ1) is 16.0. The van der Waals surface area contributed by atoms with Crippen molar-refractivity contribution in [2.45, 2.75) is 19.8 Å². The summed E-state index contributed by atoms with van der Waals surface area (Å²) in [6.07, 6.45) is 3.09. The number of piperidine rings is 1. The summed E-state index contributed by atoms with van der Waals surface area (Å²) < 4.78 is 4.97. The number of ether oxygens (including phenoxy) is 1. The zero-order chi connectivity index (χ0) is 23.2. The van der Waals surface area contributed by atoms with Gasteiger partial charge >= 0.3 is 5.97 Å². The highest BCUT2D eigenvalue weighted by Gasteiger charge is 2.30. The molecule has 0 radical (unpaired) electrons. The molecular formula is C24H25N5O4. The molecule has 2 aromatic heterocycles. The van der Waals surface area contributed by atoms with Gasteiger partial charge in [-0.3, -0.25) is 19.7 Å². The number of hydrogen-bond acceptors (Lipinski definition) is 6. The number of hydrogen-bond donors (Lipinski definition) is 2. The van der Waals surface area contributed by atoms with E-state index in [9.17, 15) is 14.4 Å². The van der Waals surface area contributed by atoms with Gasteiger partial charge in [0.2, 0.25) is 5.91 Å². The molecule has 1 aromatic carbocycles. The van der Waals surface area contributed by atoms with Gasteiger partial charge in [0.15, 0.2) is 0 Å². The summed E-state index contributed by atoms with van der Waals surface area (Å²) in [6.45, 7) is 2.95. The van der Waals surface area contributed by atoms with E-state index in [1.54, 1.807) is 48.4 Å². The van der Waals surface area contributed by atoms with Crippen LogP contribution in [0.1, 0.15) is 40.6 Å². The van der Waals surface area contributed by atoms with Crippen molar-refractivity contribution in [2.75, 3.05) is 25.0 Å². The van der Waals surface area contributed by atoms with Crippen molar-refractivity contribution >= 4 is 23.5 Å². The van der Waals surface area contributed by atoms with Crippen LogP contribution in [-0.2, 0) is 9.53 Å². The van der Waals surface area contributed by atoms with Crippen LogP contribution >= 0.6 is 0 Å². The van der Waals surface area contributed by atoms with E-state index in [1.165, 1.54) is 0 Å². The number of anilines is 1. The molecule has 0 bridgehead atoms. The van der Waals surface area contributed by atoms with Crippen molar-refractivity contribution < 1.29 is 19.1 Å². The van der Waals surface area contributed by atoms with Crippen LogP contribution in [0.5, 0.6) is 0 Å². The van der Waals surface area contributed by atoms with E-state index in [1.807, 2.05) is 18.2 Å². The van der Waals surface area contributed by atoms with Gasteiger partial charge in [0.1, 0.15) is 11.4 Å². The molecule has 0 aliphatic carbocycles. The summed E-state index contributed by atoms with van der Waals surface area (Å²) in [6, 6.07) is 13.7. The van der Waals surface area contributed by atoms with Gasteiger partial charge in [-0.15, -0.1) is 0 Å². The quantitative estimate of drug-likeness (QED) is 0.561. The molecule has 1 aliphatic heterocycles. The third kappa shape index (κ3) is 5.25. The van der Waals surface area contributed by atoms with E-state index in [2.05, 4.69) is 20.5 Å². The molecule has 4 rings (SSSR count). The van der Waals surface area contributed by atoms with Crippen molar-refractivity contribution in [3.8, 4) is 11.4 Å². The van der Waals surface area contributed by atoms with Crippen LogP contribution in [0.3, 0.4) is 0 Å². The number of benzene rings is 1. The lowest BCUT2D eigenvalue weighted by Crippen LogP contribution is -2.43. The molecule has 1 aliphatic rings. The van der Waals surface area contributed by atoms with Gasteiger partial charge in [-0.25, -0.2) is 4.79 Å². The molecule has 3 aromatic rings. The van der Waals surface area contributed by atoms with Crippen molar-refractivity contribution in [3.63, 3.8) is 0 Å². The number of aromatic amines is 1. The van der Waals surface area contributed by atoms with Crippen LogP contribution in [0.25, 0.3) is 11.4 Å². The topological polar surface area (TPSA) is 117 Å². The number of amides is 2. The standard InChI is InChI=1S/C24H25N5O4/c1-2-33-24(32)16-8-10-18(11-9-16)26-22(30)17-6-5-13-29(15-17)23(31)21-14-20(27-28-21)19-7-3-4-12-25-19/h3-4,7-12,14,17H,2,5-6,13,15H2,1H3,(H,26,30)(H,27,28)/t17-/m0/s1. The van der Waals surface area contributed by atoms with Gasteiger partial charge in [-0.2, -0.15) is 5.10 Å². The number of carbonyl (C=O) groups excluding carboxylic acids is 3. The Kier molecular flexibility index (Phi) is 6.77. The van der Waals surface area contributed by atoms with Crippen molar-refractivity contribution in [2.24, 2.45) is 5.92 Å². The molecule has 2 N–H and O–H groups in total. The Bertz CT molecular complexity index is 1130. The second kappa shape index (κ2) is 10.1. The van der Waals surface area contributed by atoms with E-state index in [4.69, 9.17) is 4.74 Å². The highest BCUT2D eigenvalue weighted by Crippen LogP contribution is 2.22. The predicted molar refractivity (Wildman–Crippen MR) is 121 cm³/mol. The highest BCUT2D eigenvalue weighted by atomic mass is 16.5. The van der Waals surface area contributed by atoms with Crippen molar-refractivity contribution in [1.82, 2.24) is 20.1 Å². The second-order valence-corrected chi connectivity index (χ2v) is 7.76. The molecule has 0 spiro atoms. The van der Waals surface area contributed by atoms with E-state index in [-0.39, 0.29) is 17.7 Å². The van der Waals surface area contributed by atoms with E-state index >= 15 is 0 Å². The van der Waals surface area contributed by atoms with E-state index < -0.39 is 5.97 Å². The van der Waals surface area contributed by atoms with Crippen LogP contribution in [0.15, 0.2) is 54.7 Å². The highest BCUT2D eigenvalue weighted by molar-refractivity contribution is 5.96. The zero-order valence-electron chi connectivity index (χ0n) is 18.3. The maximum absolute atomic E-state index is 13.0. The molecule has 2 amide bonds. The fraction of sp³-hybridized carbons (Fsp3) is 0.292. The van der Waals surface area contributed by atoms with Crippen LogP contribution in [0, 0.1) is 5.92 Å².